The smallest absolute Gasteiger partial charge is 0.308 e. The third kappa shape index (κ3) is 4.08. The van der Waals surface area contributed by atoms with Crippen molar-refractivity contribution in [3.05, 3.63) is 82.9 Å². The third-order valence-electron chi connectivity index (χ3n) is 4.75. The Morgan fingerprint density at radius 2 is 1.70 bits per heavy atom. The molecular formula is C21H17ClN4O4. The number of nitrogens with zero attached hydrogens (tertiary/aromatic N) is 4. The molecule has 1 aromatic heterocycles. The number of imide groups is 1. The zero-order valence-corrected chi connectivity index (χ0v) is 16.5. The average molecular weight is 425 g/mol. The number of benzene rings is 2. The predicted octanol–water partition coefficient (Wildman–Crippen LogP) is 2.90. The van der Waals surface area contributed by atoms with E-state index in [4.69, 9.17) is 16.3 Å². The number of hydrogen-bond donors (Lipinski definition) is 0. The van der Waals surface area contributed by atoms with Crippen LogP contribution in [0.25, 0.3) is 0 Å². The van der Waals surface area contributed by atoms with E-state index in [9.17, 15) is 14.4 Å². The summed E-state index contributed by atoms with van der Waals surface area (Å²) in [6, 6.07) is 13.5. The van der Waals surface area contributed by atoms with E-state index in [1.54, 1.807) is 53.2 Å². The number of hydrogen-bond acceptors (Lipinski definition) is 6. The van der Waals surface area contributed by atoms with Crippen molar-refractivity contribution in [3.8, 4) is 0 Å². The van der Waals surface area contributed by atoms with E-state index in [0.717, 1.165) is 10.5 Å². The number of rotatable bonds is 7. The maximum Gasteiger partial charge on any atom is 0.308 e. The monoisotopic (exact) mass is 424 g/mol. The van der Waals surface area contributed by atoms with Gasteiger partial charge >= 0.3 is 5.97 Å². The quantitative estimate of drug-likeness (QED) is 0.427. The summed E-state index contributed by atoms with van der Waals surface area (Å²) < 4.78 is 7.19. The second-order valence-corrected chi connectivity index (χ2v) is 7.14. The summed E-state index contributed by atoms with van der Waals surface area (Å²) in [6.07, 6.45) is 2.17. The van der Waals surface area contributed by atoms with Crippen LogP contribution in [-0.4, -0.2) is 44.0 Å². The summed E-state index contributed by atoms with van der Waals surface area (Å²) in [4.78, 5) is 42.3. The van der Waals surface area contributed by atoms with Crippen molar-refractivity contribution in [1.29, 1.82) is 0 Å². The molecule has 1 atom stereocenters. The molecule has 1 aliphatic heterocycles. The van der Waals surface area contributed by atoms with Crippen LogP contribution >= 0.6 is 11.6 Å². The van der Waals surface area contributed by atoms with Crippen molar-refractivity contribution in [1.82, 2.24) is 19.7 Å². The van der Waals surface area contributed by atoms with E-state index in [1.165, 1.54) is 12.7 Å². The lowest BCUT2D eigenvalue weighted by molar-refractivity contribution is -0.150. The number of amides is 2. The molecule has 0 saturated heterocycles. The van der Waals surface area contributed by atoms with Crippen LogP contribution in [0.3, 0.4) is 0 Å². The first-order chi connectivity index (χ1) is 14.5. The van der Waals surface area contributed by atoms with Crippen molar-refractivity contribution in [2.75, 3.05) is 6.54 Å². The van der Waals surface area contributed by atoms with Crippen LogP contribution in [0.4, 0.5) is 0 Å². The Morgan fingerprint density at radius 3 is 2.30 bits per heavy atom. The van der Waals surface area contributed by atoms with E-state index >= 15 is 0 Å². The molecule has 152 valence electrons. The summed E-state index contributed by atoms with van der Waals surface area (Å²) in [5, 5.41) is 4.61. The molecule has 0 spiro atoms. The van der Waals surface area contributed by atoms with E-state index in [-0.39, 0.29) is 19.5 Å². The molecule has 0 fully saturated rings. The Balaban J connectivity index is 1.42. The summed E-state index contributed by atoms with van der Waals surface area (Å²) in [6.45, 7) is 0.211. The lowest BCUT2D eigenvalue weighted by Crippen LogP contribution is -2.32. The van der Waals surface area contributed by atoms with Gasteiger partial charge in [0.25, 0.3) is 11.8 Å². The maximum absolute atomic E-state index is 12.5. The van der Waals surface area contributed by atoms with Crippen molar-refractivity contribution in [2.24, 2.45) is 0 Å². The van der Waals surface area contributed by atoms with Crippen molar-refractivity contribution < 1.29 is 19.1 Å². The first-order valence-corrected chi connectivity index (χ1v) is 9.63. The van der Waals surface area contributed by atoms with Crippen LogP contribution in [-0.2, 0) is 16.1 Å². The Hall–Kier alpha value is -3.52. The van der Waals surface area contributed by atoms with Gasteiger partial charge in [-0.2, -0.15) is 5.10 Å². The van der Waals surface area contributed by atoms with Crippen molar-refractivity contribution >= 4 is 29.4 Å². The molecule has 3 aromatic rings. The molecule has 1 unspecified atom stereocenters. The van der Waals surface area contributed by atoms with Gasteiger partial charge in [0.15, 0.2) is 0 Å². The van der Waals surface area contributed by atoms with Crippen LogP contribution in [0, 0.1) is 0 Å². The molecule has 0 radical (unpaired) electrons. The number of carbonyl (C=O) groups excluding carboxylic acids is 3. The van der Waals surface area contributed by atoms with Gasteiger partial charge in [-0.05, 0) is 29.8 Å². The molecule has 0 aliphatic carbocycles. The van der Waals surface area contributed by atoms with Crippen LogP contribution < -0.4 is 0 Å². The molecule has 2 heterocycles. The van der Waals surface area contributed by atoms with Gasteiger partial charge in [0.2, 0.25) is 0 Å². The second kappa shape index (κ2) is 8.46. The Kier molecular flexibility index (Phi) is 5.58. The molecule has 2 amide bonds. The molecule has 8 nitrogen and oxygen atoms in total. The van der Waals surface area contributed by atoms with Gasteiger partial charge in [0.1, 0.15) is 18.8 Å². The van der Waals surface area contributed by atoms with E-state index in [1.807, 2.05) is 0 Å². The predicted molar refractivity (Wildman–Crippen MR) is 107 cm³/mol. The second-order valence-electron chi connectivity index (χ2n) is 6.71. The van der Waals surface area contributed by atoms with Gasteiger partial charge < -0.3 is 4.74 Å². The number of halogens is 1. The van der Waals surface area contributed by atoms with E-state index in [2.05, 4.69) is 10.1 Å². The average Bonchev–Trinajstić information content (AvgIpc) is 3.34. The first-order valence-electron chi connectivity index (χ1n) is 9.25. The number of carbonyl (C=O) groups is 3. The normalized spacial score (nSPS) is 14.0. The fourth-order valence-electron chi connectivity index (χ4n) is 3.25. The highest BCUT2D eigenvalue weighted by atomic mass is 35.5. The van der Waals surface area contributed by atoms with Gasteiger partial charge in [-0.1, -0.05) is 35.9 Å². The molecule has 1 aliphatic rings. The van der Waals surface area contributed by atoms with Gasteiger partial charge in [-0.15, -0.1) is 0 Å². The minimum absolute atomic E-state index is 0.0537. The highest BCUT2D eigenvalue weighted by molar-refractivity contribution is 6.30. The zero-order valence-electron chi connectivity index (χ0n) is 15.8. The molecule has 30 heavy (non-hydrogen) atoms. The summed E-state index contributed by atoms with van der Waals surface area (Å²) in [5.74, 6) is -1.34. The minimum atomic E-state index is -0.626. The molecule has 0 bridgehead atoms. The van der Waals surface area contributed by atoms with Crippen LogP contribution in [0.15, 0.2) is 61.2 Å². The molecule has 0 saturated carbocycles. The van der Waals surface area contributed by atoms with Crippen LogP contribution in [0.5, 0.6) is 0 Å². The highest BCUT2D eigenvalue weighted by Gasteiger charge is 2.35. The molecular weight excluding hydrogens is 408 g/mol. The summed E-state index contributed by atoms with van der Waals surface area (Å²) >= 11 is 5.95. The number of fused-ring (bicyclic) bond motifs is 1. The highest BCUT2D eigenvalue weighted by Crippen LogP contribution is 2.24. The van der Waals surface area contributed by atoms with Gasteiger partial charge in [0, 0.05) is 11.6 Å². The maximum atomic E-state index is 12.5. The first kappa shape index (κ1) is 19.8. The zero-order chi connectivity index (χ0) is 21.1. The Bertz CT molecular complexity index is 1050. The number of ether oxygens (including phenoxy) is 1. The summed E-state index contributed by atoms with van der Waals surface area (Å²) in [7, 11) is 0. The van der Waals surface area contributed by atoms with Crippen LogP contribution in [0.1, 0.15) is 38.8 Å². The standard InChI is InChI=1S/C21H17ClN4O4/c22-15-7-5-14(6-8-15)18(11-25-13-23-12-24-25)30-19(27)9-10-26-20(28)16-3-1-2-4-17(16)21(26)29/h1-8,12-13,18H,9-11H2. The summed E-state index contributed by atoms with van der Waals surface area (Å²) in [5.41, 5.74) is 1.44. The molecule has 9 heteroatoms. The van der Waals surface area contributed by atoms with Gasteiger partial charge in [0.05, 0.1) is 24.1 Å². The van der Waals surface area contributed by atoms with Gasteiger partial charge in [-0.3, -0.25) is 19.3 Å². The van der Waals surface area contributed by atoms with Crippen molar-refractivity contribution in [2.45, 2.75) is 19.1 Å². The lowest BCUT2D eigenvalue weighted by atomic mass is 10.1. The number of aromatic nitrogens is 3. The molecule has 4 rings (SSSR count). The van der Waals surface area contributed by atoms with Gasteiger partial charge in [-0.25, -0.2) is 9.67 Å². The van der Waals surface area contributed by atoms with E-state index in [0.29, 0.717) is 16.1 Å². The number of esters is 1. The lowest BCUT2D eigenvalue weighted by Gasteiger charge is -2.19. The fourth-order valence-corrected chi connectivity index (χ4v) is 3.37. The van der Waals surface area contributed by atoms with E-state index < -0.39 is 23.9 Å². The SMILES string of the molecule is O=C(CCN1C(=O)c2ccccc2C1=O)OC(Cn1cncn1)c1ccc(Cl)cc1. The third-order valence-corrected chi connectivity index (χ3v) is 5.00. The topological polar surface area (TPSA) is 94.4 Å². The largest absolute Gasteiger partial charge is 0.455 e. The molecule has 0 N–H and O–H groups in total. The van der Waals surface area contributed by atoms with Crippen molar-refractivity contribution in [3.63, 3.8) is 0 Å². The Morgan fingerprint density at radius 1 is 1.03 bits per heavy atom. The molecule has 2 aromatic carbocycles. The fraction of sp³-hybridized carbons (Fsp3) is 0.190. The van der Waals surface area contributed by atoms with Crippen LogP contribution in [0.2, 0.25) is 5.02 Å². The minimum Gasteiger partial charge on any atom is -0.455 e. The Labute approximate surface area is 177 Å².